The second kappa shape index (κ2) is 7.40. The number of carbonyl (C=O) groups excluding carboxylic acids is 2. The summed E-state index contributed by atoms with van der Waals surface area (Å²) in [7, 11) is 7.82. The summed E-state index contributed by atoms with van der Waals surface area (Å²) in [6.07, 6.45) is 0. The molecule has 8 heteroatoms. The number of aliphatic carboxylic acids is 1. The molecule has 0 atom stereocenters. The molecular formula is C19H21N4O3S-. The monoisotopic (exact) mass is 385 g/mol. The molecule has 0 saturated carbocycles. The lowest BCUT2D eigenvalue weighted by Gasteiger charge is -2.32. The normalized spacial score (nSPS) is 12.1. The molecule has 0 unspecified atom stereocenters. The van der Waals surface area contributed by atoms with Crippen LogP contribution in [0.15, 0.2) is 46.2 Å². The average molecular weight is 385 g/mol. The molecule has 0 radical (unpaired) electrons. The van der Waals surface area contributed by atoms with Crippen LogP contribution in [0.25, 0.3) is 0 Å². The van der Waals surface area contributed by atoms with Crippen LogP contribution in [-0.2, 0) is 4.79 Å². The highest BCUT2D eigenvalue weighted by Crippen LogP contribution is 2.50. The number of benzene rings is 2. The molecule has 0 aliphatic carbocycles. The van der Waals surface area contributed by atoms with Crippen molar-refractivity contribution in [2.45, 2.75) is 9.79 Å². The summed E-state index contributed by atoms with van der Waals surface area (Å²) in [5.41, 5.74) is 3.46. The summed E-state index contributed by atoms with van der Waals surface area (Å²) in [5.74, 6) is -1.33. The van der Waals surface area contributed by atoms with Crippen LogP contribution in [0.5, 0.6) is 0 Å². The number of amides is 2. The number of carboxylic acid groups (broad SMARTS) is 1. The van der Waals surface area contributed by atoms with Crippen LogP contribution in [0, 0.1) is 0 Å². The molecule has 1 heterocycles. The molecule has 2 aromatic rings. The molecular weight excluding hydrogens is 364 g/mol. The van der Waals surface area contributed by atoms with Crippen molar-refractivity contribution in [1.82, 2.24) is 5.32 Å². The van der Waals surface area contributed by atoms with E-state index in [0.29, 0.717) is 11.4 Å². The first-order valence-electron chi connectivity index (χ1n) is 8.36. The number of hydrogen-bond acceptors (Lipinski definition) is 6. The number of carbonyl (C=O) groups is 2. The average Bonchev–Trinajstić information content (AvgIpc) is 2.62. The van der Waals surface area contributed by atoms with Crippen LogP contribution < -0.4 is 25.1 Å². The van der Waals surface area contributed by atoms with E-state index in [-0.39, 0.29) is 0 Å². The standard InChI is InChI=1S/C19H22N4O3S/c1-21(2)12-5-7-14-16(9-12)27-17-10-13(22(3)4)6-8-15(17)23(14)19(26)20-11-18(24)25/h5-10H,11H2,1-4H3,(H,20,26)(H,24,25)/p-1. The predicted molar refractivity (Wildman–Crippen MR) is 106 cm³/mol. The topological polar surface area (TPSA) is 79.0 Å². The van der Waals surface area contributed by atoms with Gasteiger partial charge in [0.1, 0.15) is 0 Å². The van der Waals surface area contributed by atoms with Gasteiger partial charge in [-0.3, -0.25) is 4.90 Å². The maximum Gasteiger partial charge on any atom is 0.326 e. The summed E-state index contributed by atoms with van der Waals surface area (Å²) >= 11 is 1.59. The van der Waals surface area contributed by atoms with E-state index in [1.54, 1.807) is 11.8 Å². The second-order valence-electron chi connectivity index (χ2n) is 6.56. The van der Waals surface area contributed by atoms with Crippen LogP contribution in [0.4, 0.5) is 27.5 Å². The van der Waals surface area contributed by atoms with E-state index in [2.05, 4.69) is 5.32 Å². The number of nitrogens with zero attached hydrogens (tertiary/aromatic N) is 3. The van der Waals surface area contributed by atoms with Gasteiger partial charge in [-0.25, -0.2) is 4.79 Å². The molecule has 0 saturated heterocycles. The first kappa shape index (κ1) is 18.9. The second-order valence-corrected chi connectivity index (χ2v) is 7.64. The van der Waals surface area contributed by atoms with E-state index < -0.39 is 18.5 Å². The smallest absolute Gasteiger partial charge is 0.326 e. The van der Waals surface area contributed by atoms with Crippen LogP contribution >= 0.6 is 11.8 Å². The first-order valence-corrected chi connectivity index (χ1v) is 9.18. The summed E-state index contributed by atoms with van der Waals surface area (Å²) in [6, 6.07) is 11.1. The van der Waals surface area contributed by atoms with Crippen LogP contribution in [0.3, 0.4) is 0 Å². The minimum atomic E-state index is -1.33. The van der Waals surface area contributed by atoms with E-state index in [0.717, 1.165) is 21.2 Å². The van der Waals surface area contributed by atoms with Crippen molar-refractivity contribution in [1.29, 1.82) is 0 Å². The molecule has 0 bridgehead atoms. The zero-order valence-corrected chi connectivity index (χ0v) is 16.5. The Hall–Kier alpha value is -2.87. The summed E-state index contributed by atoms with van der Waals surface area (Å²) in [4.78, 5) is 30.9. The van der Waals surface area contributed by atoms with Gasteiger partial charge in [-0.15, -0.1) is 0 Å². The predicted octanol–water partition coefficient (Wildman–Crippen LogP) is 1.88. The Labute approximate surface area is 162 Å². The molecule has 142 valence electrons. The summed E-state index contributed by atoms with van der Waals surface area (Å²) in [6.45, 7) is -0.543. The number of urea groups is 1. The van der Waals surface area contributed by atoms with E-state index in [9.17, 15) is 14.7 Å². The lowest BCUT2D eigenvalue weighted by atomic mass is 10.2. The van der Waals surface area contributed by atoms with Gasteiger partial charge in [0.15, 0.2) is 0 Å². The van der Waals surface area contributed by atoms with Gasteiger partial charge in [0.25, 0.3) is 0 Å². The lowest BCUT2D eigenvalue weighted by molar-refractivity contribution is -0.303. The third kappa shape index (κ3) is 3.80. The molecule has 1 aliphatic rings. The molecule has 2 aromatic carbocycles. The quantitative estimate of drug-likeness (QED) is 0.866. The number of fused-ring (bicyclic) bond motifs is 2. The Kier molecular flexibility index (Phi) is 5.18. The number of carboxylic acids is 1. The van der Waals surface area contributed by atoms with Crippen LogP contribution in [0.2, 0.25) is 0 Å². The van der Waals surface area contributed by atoms with Gasteiger partial charge in [0.05, 0.1) is 23.9 Å². The van der Waals surface area contributed by atoms with Gasteiger partial charge < -0.3 is 25.0 Å². The van der Waals surface area contributed by atoms with Gasteiger partial charge in [0.2, 0.25) is 0 Å². The minimum absolute atomic E-state index is 0.503. The molecule has 3 rings (SSSR count). The molecule has 0 aromatic heterocycles. The Morgan fingerprint density at radius 3 is 1.85 bits per heavy atom. The van der Waals surface area contributed by atoms with Crippen molar-refractivity contribution in [3.63, 3.8) is 0 Å². The van der Waals surface area contributed by atoms with Crippen molar-refractivity contribution < 1.29 is 14.7 Å². The molecule has 27 heavy (non-hydrogen) atoms. The highest BCUT2D eigenvalue weighted by Gasteiger charge is 2.29. The van der Waals surface area contributed by atoms with Gasteiger partial charge in [-0.1, -0.05) is 11.8 Å². The fourth-order valence-corrected chi connectivity index (χ4v) is 3.91. The largest absolute Gasteiger partial charge is 0.548 e. The zero-order chi connectivity index (χ0) is 19.7. The zero-order valence-electron chi connectivity index (χ0n) is 15.6. The van der Waals surface area contributed by atoms with Gasteiger partial charge in [0, 0.05) is 49.4 Å². The Morgan fingerprint density at radius 1 is 0.963 bits per heavy atom. The SMILES string of the molecule is CN(C)c1ccc2c(c1)Sc1cc(N(C)C)ccc1N2C(=O)NCC(=O)[O-]. The van der Waals surface area contributed by atoms with Crippen molar-refractivity contribution in [3.05, 3.63) is 36.4 Å². The maximum atomic E-state index is 12.8. The van der Waals surface area contributed by atoms with Crippen molar-refractivity contribution in [2.75, 3.05) is 49.4 Å². The lowest BCUT2D eigenvalue weighted by Crippen LogP contribution is -2.44. The van der Waals surface area contributed by atoms with E-state index in [4.69, 9.17) is 0 Å². The van der Waals surface area contributed by atoms with Gasteiger partial charge >= 0.3 is 6.03 Å². The van der Waals surface area contributed by atoms with Crippen LogP contribution in [0.1, 0.15) is 0 Å². The van der Waals surface area contributed by atoms with Gasteiger partial charge in [-0.2, -0.15) is 0 Å². The molecule has 0 fully saturated rings. The molecule has 7 nitrogen and oxygen atoms in total. The fourth-order valence-electron chi connectivity index (χ4n) is 2.79. The van der Waals surface area contributed by atoms with Crippen LogP contribution in [-0.4, -0.2) is 46.7 Å². The molecule has 1 aliphatic heterocycles. The highest BCUT2D eigenvalue weighted by atomic mass is 32.2. The van der Waals surface area contributed by atoms with E-state index >= 15 is 0 Å². The first-order chi connectivity index (χ1) is 12.8. The number of anilines is 4. The van der Waals surface area contributed by atoms with Crippen molar-refractivity contribution in [3.8, 4) is 0 Å². The van der Waals surface area contributed by atoms with Crippen molar-refractivity contribution >= 4 is 46.5 Å². The third-order valence-electron chi connectivity index (χ3n) is 4.21. The third-order valence-corrected chi connectivity index (χ3v) is 5.30. The number of rotatable bonds is 4. The molecule has 0 spiro atoms. The highest BCUT2D eigenvalue weighted by molar-refractivity contribution is 7.99. The molecule has 1 N–H and O–H groups in total. The Bertz CT molecular complexity index is 841. The summed E-state index contributed by atoms with van der Waals surface area (Å²) in [5, 5.41) is 13.2. The Balaban J connectivity index is 2.08. The van der Waals surface area contributed by atoms with Gasteiger partial charge in [-0.05, 0) is 36.4 Å². The van der Waals surface area contributed by atoms with E-state index in [1.165, 1.54) is 4.90 Å². The molecule has 2 amide bonds. The number of nitrogens with one attached hydrogen (secondary N) is 1. The minimum Gasteiger partial charge on any atom is -0.548 e. The Morgan fingerprint density at radius 2 is 1.44 bits per heavy atom. The number of hydrogen-bond donors (Lipinski definition) is 1. The van der Waals surface area contributed by atoms with Crippen molar-refractivity contribution in [2.24, 2.45) is 0 Å². The van der Waals surface area contributed by atoms with E-state index in [1.807, 2.05) is 74.4 Å². The summed E-state index contributed by atoms with van der Waals surface area (Å²) < 4.78 is 0. The maximum absolute atomic E-state index is 12.8. The fraction of sp³-hybridized carbons (Fsp3) is 0.263.